The summed E-state index contributed by atoms with van der Waals surface area (Å²) in [5, 5.41) is 10.0. The highest BCUT2D eigenvalue weighted by atomic mass is 35.5. The first-order valence-electron chi connectivity index (χ1n) is 11.9. The van der Waals surface area contributed by atoms with Crippen LogP contribution in [0.4, 0.5) is 13.2 Å². The molecule has 0 unspecified atom stereocenters. The summed E-state index contributed by atoms with van der Waals surface area (Å²) in [5.41, 5.74) is -1.07. The van der Waals surface area contributed by atoms with Gasteiger partial charge in [0.25, 0.3) is 11.5 Å². The van der Waals surface area contributed by atoms with Gasteiger partial charge in [0, 0.05) is 24.7 Å². The minimum atomic E-state index is -4.57. The summed E-state index contributed by atoms with van der Waals surface area (Å²) in [4.78, 5) is 28.4. The molecule has 0 atom stereocenters. The third-order valence-corrected chi connectivity index (χ3v) is 7.56. The van der Waals surface area contributed by atoms with Crippen LogP contribution in [-0.2, 0) is 15.7 Å². The van der Waals surface area contributed by atoms with Crippen molar-refractivity contribution in [1.29, 1.82) is 5.26 Å². The van der Waals surface area contributed by atoms with Crippen LogP contribution in [0.5, 0.6) is 0 Å². The number of halogens is 4. The molecule has 1 fully saturated rings. The predicted octanol–water partition coefficient (Wildman–Crippen LogP) is 4.19. The quantitative estimate of drug-likeness (QED) is 0.358. The van der Waals surface area contributed by atoms with E-state index < -0.39 is 23.2 Å². The SMILES string of the molecule is N#CC(C(=O)N1CCOCC1)=c1sc(=Cc2ccc(-c3cc(C(F)(F)F)ccc3Cl)o2)c(=O)n1-c1ccccc1. The number of benzene rings is 2. The van der Waals surface area contributed by atoms with E-state index >= 15 is 0 Å². The van der Waals surface area contributed by atoms with Crippen LogP contribution in [-0.4, -0.2) is 41.7 Å². The summed E-state index contributed by atoms with van der Waals surface area (Å²) in [5.74, 6) is -0.261. The standard InChI is InChI=1S/C28H19ClF3N3O4S/c29-22-8-6-17(28(30,31)32)14-20(22)23-9-7-19(39-23)15-24-26(37)35(18-4-2-1-3-5-18)27(40-24)21(16-33)25(36)34-10-12-38-13-11-34/h1-9,14-15H,10-13H2. The predicted molar refractivity (Wildman–Crippen MR) is 143 cm³/mol. The van der Waals surface area contributed by atoms with Crippen molar-refractivity contribution in [1.82, 2.24) is 9.47 Å². The fraction of sp³-hybridized carbons (Fsp3) is 0.179. The van der Waals surface area contributed by atoms with Crippen molar-refractivity contribution in [3.63, 3.8) is 0 Å². The highest BCUT2D eigenvalue weighted by molar-refractivity contribution is 7.07. The lowest BCUT2D eigenvalue weighted by atomic mass is 10.1. The maximum Gasteiger partial charge on any atom is 0.416 e. The molecular weight excluding hydrogens is 567 g/mol. The second kappa shape index (κ2) is 11.2. The van der Waals surface area contributed by atoms with Gasteiger partial charge in [-0.15, -0.1) is 11.3 Å². The molecule has 1 aliphatic rings. The van der Waals surface area contributed by atoms with Crippen molar-refractivity contribution < 1.29 is 27.1 Å². The topological polar surface area (TPSA) is 88.5 Å². The molecule has 3 heterocycles. The molecule has 0 spiro atoms. The number of hydrogen-bond acceptors (Lipinski definition) is 6. The second-order valence-electron chi connectivity index (χ2n) is 8.68. The number of rotatable bonds is 4. The number of aromatic nitrogens is 1. The monoisotopic (exact) mass is 585 g/mol. The molecule has 1 amide bonds. The molecule has 40 heavy (non-hydrogen) atoms. The molecule has 7 nitrogen and oxygen atoms in total. The normalized spacial score (nSPS) is 15.2. The van der Waals surface area contributed by atoms with Crippen molar-refractivity contribution in [2.24, 2.45) is 0 Å². The Labute approximate surface area is 234 Å². The van der Waals surface area contributed by atoms with Gasteiger partial charge in [0.15, 0.2) is 5.57 Å². The number of carbonyl (C=O) groups excluding carboxylic acids is 1. The first kappa shape index (κ1) is 27.5. The van der Waals surface area contributed by atoms with Crippen molar-refractivity contribution >= 4 is 40.5 Å². The lowest BCUT2D eigenvalue weighted by Gasteiger charge is -2.26. The van der Waals surface area contributed by atoms with Gasteiger partial charge in [0.1, 0.15) is 22.3 Å². The Morgan fingerprint density at radius 1 is 1.07 bits per heavy atom. The van der Waals surface area contributed by atoms with Gasteiger partial charge in [-0.2, -0.15) is 18.4 Å². The summed E-state index contributed by atoms with van der Waals surface area (Å²) in [7, 11) is 0. The molecule has 0 bridgehead atoms. The second-order valence-corrected chi connectivity index (χ2v) is 10.1. The zero-order valence-corrected chi connectivity index (χ0v) is 22.1. The van der Waals surface area contributed by atoms with Crippen LogP contribution in [0.25, 0.3) is 28.7 Å². The summed E-state index contributed by atoms with van der Waals surface area (Å²) in [6.07, 6.45) is -3.15. The summed E-state index contributed by atoms with van der Waals surface area (Å²) < 4.78 is 52.3. The number of nitrogens with zero attached hydrogens (tertiary/aromatic N) is 3. The molecule has 4 aromatic rings. The molecule has 0 radical (unpaired) electrons. The first-order chi connectivity index (χ1) is 19.2. The average molecular weight is 586 g/mol. The number of nitriles is 1. The number of thiazole rings is 1. The van der Waals surface area contributed by atoms with E-state index in [1.54, 1.807) is 30.3 Å². The van der Waals surface area contributed by atoms with E-state index in [2.05, 4.69) is 0 Å². The molecule has 12 heteroatoms. The highest BCUT2D eigenvalue weighted by Gasteiger charge is 2.31. The molecule has 1 aliphatic heterocycles. The summed E-state index contributed by atoms with van der Waals surface area (Å²) in [6.45, 7) is 1.32. The average Bonchev–Trinajstić information content (AvgIpc) is 3.54. The van der Waals surface area contributed by atoms with Gasteiger partial charge in [0.05, 0.1) is 34.0 Å². The minimum Gasteiger partial charge on any atom is -0.457 e. The number of amides is 1. The number of alkyl halides is 3. The minimum absolute atomic E-state index is 0.0425. The van der Waals surface area contributed by atoms with Gasteiger partial charge in [-0.25, -0.2) is 0 Å². The van der Waals surface area contributed by atoms with E-state index in [0.29, 0.717) is 32.0 Å². The lowest BCUT2D eigenvalue weighted by molar-refractivity contribution is -0.137. The Morgan fingerprint density at radius 3 is 2.48 bits per heavy atom. The molecular formula is C28H19ClF3N3O4S. The third-order valence-electron chi connectivity index (χ3n) is 6.14. The van der Waals surface area contributed by atoms with Gasteiger partial charge in [-0.3, -0.25) is 14.2 Å². The summed E-state index contributed by atoms with van der Waals surface area (Å²) >= 11 is 7.08. The van der Waals surface area contributed by atoms with E-state index in [0.717, 1.165) is 29.5 Å². The van der Waals surface area contributed by atoms with Gasteiger partial charge >= 0.3 is 6.18 Å². The van der Waals surface area contributed by atoms with Gasteiger partial charge in [-0.1, -0.05) is 29.8 Å². The van der Waals surface area contributed by atoms with Gasteiger partial charge < -0.3 is 14.1 Å². The van der Waals surface area contributed by atoms with E-state index in [-0.39, 0.29) is 36.9 Å². The smallest absolute Gasteiger partial charge is 0.416 e. The number of para-hydroxylation sites is 1. The van der Waals surface area contributed by atoms with E-state index in [9.17, 15) is 28.0 Å². The zero-order chi connectivity index (χ0) is 28.4. The largest absolute Gasteiger partial charge is 0.457 e. The maximum atomic E-state index is 13.6. The molecule has 0 aliphatic carbocycles. The van der Waals surface area contributed by atoms with Crippen LogP contribution >= 0.6 is 22.9 Å². The Bertz CT molecular complexity index is 1800. The third kappa shape index (κ3) is 5.47. The van der Waals surface area contributed by atoms with E-state index in [1.165, 1.54) is 27.7 Å². The first-order valence-corrected chi connectivity index (χ1v) is 13.1. The Kier molecular flexibility index (Phi) is 7.67. The molecule has 0 N–H and O–H groups in total. The number of hydrogen-bond donors (Lipinski definition) is 0. The molecule has 1 saturated heterocycles. The Hall–Kier alpha value is -4.11. The van der Waals surface area contributed by atoms with Crippen molar-refractivity contribution in [3.05, 3.63) is 96.6 Å². The van der Waals surface area contributed by atoms with Crippen LogP contribution in [0.2, 0.25) is 5.02 Å². The lowest BCUT2D eigenvalue weighted by Crippen LogP contribution is -2.42. The number of ether oxygens (including phenoxy) is 1. The van der Waals surface area contributed by atoms with Gasteiger partial charge in [0.2, 0.25) is 0 Å². The molecule has 0 saturated carbocycles. The number of furan rings is 1. The zero-order valence-electron chi connectivity index (χ0n) is 20.6. The van der Waals surface area contributed by atoms with Crippen LogP contribution in [0, 0.1) is 11.3 Å². The maximum absolute atomic E-state index is 13.6. The molecule has 2 aromatic carbocycles. The Morgan fingerprint density at radius 2 is 1.80 bits per heavy atom. The van der Waals surface area contributed by atoms with E-state index in [1.807, 2.05) is 6.07 Å². The van der Waals surface area contributed by atoms with E-state index in [4.69, 9.17) is 20.8 Å². The fourth-order valence-corrected chi connectivity index (χ4v) is 5.46. The van der Waals surface area contributed by atoms with Crippen LogP contribution in [0.15, 0.2) is 69.9 Å². The van der Waals surface area contributed by atoms with Crippen LogP contribution < -0.4 is 14.8 Å². The number of carbonyl (C=O) groups is 1. The van der Waals surface area contributed by atoms with Crippen molar-refractivity contribution in [2.45, 2.75) is 6.18 Å². The highest BCUT2D eigenvalue weighted by Crippen LogP contribution is 2.36. The van der Waals surface area contributed by atoms with Crippen molar-refractivity contribution in [2.75, 3.05) is 26.3 Å². The fourth-order valence-electron chi connectivity index (χ4n) is 4.17. The van der Waals surface area contributed by atoms with Gasteiger partial charge in [-0.05, 0) is 42.5 Å². The molecule has 204 valence electrons. The summed E-state index contributed by atoms with van der Waals surface area (Å²) in [6, 6.07) is 16.4. The van der Waals surface area contributed by atoms with Crippen LogP contribution in [0.1, 0.15) is 11.3 Å². The van der Waals surface area contributed by atoms with Crippen molar-refractivity contribution in [3.8, 4) is 23.1 Å². The molecule has 5 rings (SSSR count). The Balaban J connectivity index is 1.65. The number of morpholine rings is 1. The van der Waals surface area contributed by atoms with Crippen LogP contribution in [0.3, 0.4) is 0 Å². The molecule has 2 aromatic heterocycles.